The Hall–Kier alpha value is -3.09. The van der Waals surface area contributed by atoms with Crippen LogP contribution in [0.3, 0.4) is 0 Å². The van der Waals surface area contributed by atoms with Gasteiger partial charge in [0.05, 0.1) is 17.3 Å². The summed E-state index contributed by atoms with van der Waals surface area (Å²) in [6.07, 6.45) is 3.03. The summed E-state index contributed by atoms with van der Waals surface area (Å²) in [5, 5.41) is 4.05. The summed E-state index contributed by atoms with van der Waals surface area (Å²) in [4.78, 5) is 17.7. The summed E-state index contributed by atoms with van der Waals surface area (Å²) in [6.45, 7) is 1.82. The first kappa shape index (κ1) is 16.8. The second-order valence-electron chi connectivity index (χ2n) is 5.65. The average molecular weight is 342 g/mol. The van der Waals surface area contributed by atoms with Gasteiger partial charge in [-0.25, -0.2) is 18.4 Å². The number of nitrogens with zero attached hydrogens (tertiary/aromatic N) is 4. The Balaban J connectivity index is 1.81. The molecule has 0 fully saturated rings. The van der Waals surface area contributed by atoms with Crippen LogP contribution in [0.4, 0.5) is 8.78 Å². The summed E-state index contributed by atoms with van der Waals surface area (Å²) in [7, 11) is 1.56. The average Bonchev–Trinajstić information content (AvgIpc) is 3.16. The first-order valence-electron chi connectivity index (χ1n) is 7.64. The summed E-state index contributed by atoms with van der Waals surface area (Å²) >= 11 is 0. The number of carbonyl (C=O) groups excluding carboxylic acids is 1. The van der Waals surface area contributed by atoms with Crippen LogP contribution >= 0.6 is 0 Å². The number of hydrogen-bond acceptors (Lipinski definition) is 3. The van der Waals surface area contributed by atoms with Crippen molar-refractivity contribution in [2.75, 3.05) is 7.05 Å². The number of amides is 1. The van der Waals surface area contributed by atoms with Crippen molar-refractivity contribution in [1.82, 2.24) is 19.7 Å². The Morgan fingerprint density at radius 3 is 2.52 bits per heavy atom. The molecule has 0 radical (unpaired) electrons. The van der Waals surface area contributed by atoms with Gasteiger partial charge in [0.25, 0.3) is 5.91 Å². The number of aromatic nitrogens is 3. The quantitative estimate of drug-likeness (QED) is 0.730. The fourth-order valence-electron chi connectivity index (χ4n) is 2.50. The van der Waals surface area contributed by atoms with Gasteiger partial charge in [-0.3, -0.25) is 4.79 Å². The minimum atomic E-state index is -0.744. The smallest absolute Gasteiger partial charge is 0.257 e. The third kappa shape index (κ3) is 3.40. The molecule has 1 atom stereocenters. The molecule has 1 heterocycles. The first-order valence-corrected chi connectivity index (χ1v) is 7.64. The highest BCUT2D eigenvalue weighted by atomic mass is 19.1. The predicted octanol–water partition coefficient (Wildman–Crippen LogP) is 3.38. The molecule has 3 rings (SSSR count). The normalized spacial score (nSPS) is 12.0. The molecule has 0 saturated heterocycles. The lowest BCUT2D eigenvalue weighted by molar-refractivity contribution is 0.0737. The Kier molecular flexibility index (Phi) is 4.56. The second-order valence-corrected chi connectivity index (χ2v) is 5.65. The van der Waals surface area contributed by atoms with Gasteiger partial charge >= 0.3 is 0 Å². The standard InChI is InChI=1S/C18H16F2N4O/c1-12(13-3-6-15(7-4-13)24-11-21-10-22-24)23(2)18(25)16-9-14(19)5-8-17(16)20/h3-12H,1-2H3. The van der Waals surface area contributed by atoms with Gasteiger partial charge in [0.2, 0.25) is 0 Å². The maximum atomic E-state index is 13.8. The molecule has 0 N–H and O–H groups in total. The van der Waals surface area contributed by atoms with Crippen LogP contribution in [0.5, 0.6) is 0 Å². The topological polar surface area (TPSA) is 51.0 Å². The van der Waals surface area contributed by atoms with E-state index in [0.717, 1.165) is 29.4 Å². The maximum absolute atomic E-state index is 13.8. The van der Waals surface area contributed by atoms with Gasteiger partial charge in [-0.15, -0.1) is 0 Å². The van der Waals surface area contributed by atoms with Crippen molar-refractivity contribution in [2.24, 2.45) is 0 Å². The van der Waals surface area contributed by atoms with E-state index in [0.29, 0.717) is 0 Å². The van der Waals surface area contributed by atoms with E-state index in [1.807, 2.05) is 31.2 Å². The third-order valence-electron chi connectivity index (χ3n) is 4.12. The van der Waals surface area contributed by atoms with E-state index >= 15 is 0 Å². The Morgan fingerprint density at radius 1 is 1.16 bits per heavy atom. The molecule has 3 aromatic rings. The Morgan fingerprint density at radius 2 is 1.88 bits per heavy atom. The van der Waals surface area contributed by atoms with Crippen molar-refractivity contribution in [3.63, 3.8) is 0 Å². The lowest BCUT2D eigenvalue weighted by atomic mass is 10.1. The van der Waals surface area contributed by atoms with Gasteiger partial charge < -0.3 is 4.90 Å². The van der Waals surface area contributed by atoms with Crippen molar-refractivity contribution in [2.45, 2.75) is 13.0 Å². The van der Waals surface area contributed by atoms with Crippen LogP contribution in [-0.2, 0) is 0 Å². The van der Waals surface area contributed by atoms with Crippen LogP contribution in [0.1, 0.15) is 28.9 Å². The number of carbonyl (C=O) groups is 1. The van der Waals surface area contributed by atoms with Crippen LogP contribution < -0.4 is 0 Å². The summed E-state index contributed by atoms with van der Waals surface area (Å²) < 4.78 is 28.8. The van der Waals surface area contributed by atoms with Gasteiger partial charge in [0.1, 0.15) is 24.3 Å². The van der Waals surface area contributed by atoms with Gasteiger partial charge in [0.15, 0.2) is 0 Å². The molecule has 5 nitrogen and oxygen atoms in total. The minimum Gasteiger partial charge on any atom is -0.335 e. The minimum absolute atomic E-state index is 0.284. The third-order valence-corrected chi connectivity index (χ3v) is 4.12. The van der Waals surface area contributed by atoms with Gasteiger partial charge in [0, 0.05) is 7.05 Å². The van der Waals surface area contributed by atoms with Crippen molar-refractivity contribution < 1.29 is 13.6 Å². The van der Waals surface area contributed by atoms with Crippen molar-refractivity contribution in [1.29, 1.82) is 0 Å². The van der Waals surface area contributed by atoms with E-state index < -0.39 is 17.5 Å². The molecule has 7 heteroatoms. The Labute approximate surface area is 143 Å². The summed E-state index contributed by atoms with van der Waals surface area (Å²) in [6, 6.07) is 9.94. The molecule has 2 aromatic carbocycles. The molecule has 0 aliphatic heterocycles. The van der Waals surface area contributed by atoms with Crippen molar-refractivity contribution in [3.8, 4) is 5.69 Å². The van der Waals surface area contributed by atoms with E-state index in [1.54, 1.807) is 18.1 Å². The molecule has 0 aliphatic rings. The second kappa shape index (κ2) is 6.80. The fraction of sp³-hybridized carbons (Fsp3) is 0.167. The molecule has 0 saturated carbocycles. The fourth-order valence-corrected chi connectivity index (χ4v) is 2.50. The van der Waals surface area contributed by atoms with Gasteiger partial charge in [-0.05, 0) is 42.8 Å². The molecular formula is C18H16F2N4O. The molecule has 1 unspecified atom stereocenters. The molecule has 128 valence electrons. The largest absolute Gasteiger partial charge is 0.335 e. The first-order chi connectivity index (χ1) is 12.0. The van der Waals surface area contributed by atoms with Gasteiger partial charge in [-0.1, -0.05) is 12.1 Å². The number of benzene rings is 2. The molecule has 1 amide bonds. The van der Waals surface area contributed by atoms with E-state index in [-0.39, 0.29) is 11.6 Å². The molecule has 25 heavy (non-hydrogen) atoms. The van der Waals surface area contributed by atoms with Crippen LogP contribution in [-0.4, -0.2) is 32.6 Å². The number of halogens is 2. The van der Waals surface area contributed by atoms with Crippen LogP contribution in [0.25, 0.3) is 5.69 Å². The zero-order valence-corrected chi connectivity index (χ0v) is 13.7. The zero-order valence-electron chi connectivity index (χ0n) is 13.7. The Bertz CT molecular complexity index is 879. The van der Waals surface area contributed by atoms with E-state index in [2.05, 4.69) is 10.1 Å². The lowest BCUT2D eigenvalue weighted by Gasteiger charge is -2.25. The predicted molar refractivity (Wildman–Crippen MR) is 88.2 cm³/mol. The van der Waals surface area contributed by atoms with Crippen molar-refractivity contribution >= 4 is 5.91 Å². The lowest BCUT2D eigenvalue weighted by Crippen LogP contribution is -2.30. The number of hydrogen-bond donors (Lipinski definition) is 0. The molecule has 0 aliphatic carbocycles. The van der Waals surface area contributed by atoms with E-state index in [4.69, 9.17) is 0 Å². The molecular weight excluding hydrogens is 326 g/mol. The van der Waals surface area contributed by atoms with Crippen LogP contribution in [0.2, 0.25) is 0 Å². The summed E-state index contributed by atoms with van der Waals surface area (Å²) in [5.41, 5.74) is 1.41. The monoisotopic (exact) mass is 342 g/mol. The maximum Gasteiger partial charge on any atom is 0.257 e. The van der Waals surface area contributed by atoms with Crippen LogP contribution in [0.15, 0.2) is 55.1 Å². The molecule has 0 spiro atoms. The van der Waals surface area contributed by atoms with E-state index in [9.17, 15) is 13.6 Å². The zero-order chi connectivity index (χ0) is 18.0. The van der Waals surface area contributed by atoms with Crippen molar-refractivity contribution in [3.05, 3.63) is 77.9 Å². The van der Waals surface area contributed by atoms with Crippen LogP contribution in [0, 0.1) is 11.6 Å². The molecule has 0 bridgehead atoms. The van der Waals surface area contributed by atoms with E-state index in [1.165, 1.54) is 11.2 Å². The highest BCUT2D eigenvalue weighted by Crippen LogP contribution is 2.23. The molecule has 1 aromatic heterocycles. The SMILES string of the molecule is CC(c1ccc(-n2cncn2)cc1)N(C)C(=O)c1cc(F)ccc1F. The highest BCUT2D eigenvalue weighted by molar-refractivity contribution is 5.94. The summed E-state index contributed by atoms with van der Waals surface area (Å²) in [5.74, 6) is -1.97. The highest BCUT2D eigenvalue weighted by Gasteiger charge is 2.22. The van der Waals surface area contributed by atoms with Gasteiger partial charge in [-0.2, -0.15) is 5.10 Å². The number of rotatable bonds is 4.